The number of hydrogen-bond donors (Lipinski definition) is 2. The fourth-order valence-electron chi connectivity index (χ4n) is 3.20. The fraction of sp³-hybridized carbons (Fsp3) is 0.381. The van der Waals surface area contributed by atoms with Gasteiger partial charge in [-0.05, 0) is 49.4 Å². The third kappa shape index (κ3) is 5.95. The van der Waals surface area contributed by atoms with Crippen molar-refractivity contribution in [2.75, 3.05) is 44.0 Å². The van der Waals surface area contributed by atoms with Crippen LogP contribution < -0.4 is 15.4 Å². The molecule has 2 N–H and O–H groups in total. The Balaban J connectivity index is 1.73. The van der Waals surface area contributed by atoms with Crippen molar-refractivity contribution in [3.63, 3.8) is 0 Å². The maximum Gasteiger partial charge on any atom is 0.416 e. The summed E-state index contributed by atoms with van der Waals surface area (Å²) in [4.78, 5) is 12.4. The van der Waals surface area contributed by atoms with Crippen molar-refractivity contribution in [3.8, 4) is 5.75 Å². The maximum absolute atomic E-state index is 13.1. The summed E-state index contributed by atoms with van der Waals surface area (Å²) in [5.74, 6) is -0.350. The number of halogens is 3. The van der Waals surface area contributed by atoms with E-state index in [1.54, 1.807) is 13.0 Å². The lowest BCUT2D eigenvalue weighted by Gasteiger charge is -2.27. The van der Waals surface area contributed by atoms with Crippen molar-refractivity contribution in [3.05, 3.63) is 48.0 Å². The third-order valence-corrected chi connectivity index (χ3v) is 6.93. The van der Waals surface area contributed by atoms with E-state index >= 15 is 0 Å². The van der Waals surface area contributed by atoms with Gasteiger partial charge in [-0.2, -0.15) is 17.5 Å². The average molecular weight is 488 g/mol. The van der Waals surface area contributed by atoms with Gasteiger partial charge in [-0.25, -0.2) is 8.42 Å². The van der Waals surface area contributed by atoms with Crippen LogP contribution in [-0.4, -0.2) is 58.1 Å². The van der Waals surface area contributed by atoms with Crippen molar-refractivity contribution in [2.45, 2.75) is 24.0 Å². The first-order valence-corrected chi connectivity index (χ1v) is 11.5. The van der Waals surface area contributed by atoms with Crippen LogP contribution in [0.3, 0.4) is 0 Å². The van der Waals surface area contributed by atoms with Crippen LogP contribution in [0, 0.1) is 0 Å². The Morgan fingerprint density at radius 3 is 2.27 bits per heavy atom. The number of nitrogens with zero attached hydrogens (tertiary/aromatic N) is 1. The molecular weight excluding hydrogens is 463 g/mol. The minimum absolute atomic E-state index is 0.0488. The van der Waals surface area contributed by atoms with E-state index < -0.39 is 33.7 Å². The Morgan fingerprint density at radius 2 is 1.70 bits per heavy atom. The number of carbonyl (C=O) groups excluding carboxylic acids is 1. The van der Waals surface area contributed by atoms with Crippen LogP contribution >= 0.6 is 0 Å². The average Bonchev–Trinajstić information content (AvgIpc) is 2.79. The van der Waals surface area contributed by atoms with E-state index in [0.717, 1.165) is 24.3 Å². The summed E-state index contributed by atoms with van der Waals surface area (Å²) < 4.78 is 75.9. The lowest BCUT2D eigenvalue weighted by atomic mass is 10.2. The molecule has 1 heterocycles. The van der Waals surface area contributed by atoms with E-state index in [1.165, 1.54) is 23.5 Å². The van der Waals surface area contributed by atoms with Crippen molar-refractivity contribution < 1.29 is 35.9 Å². The molecule has 0 radical (unpaired) electrons. The highest BCUT2D eigenvalue weighted by molar-refractivity contribution is 7.89. The molecular formula is C21H24F3N3O5S. The van der Waals surface area contributed by atoms with Crippen LogP contribution in [0.5, 0.6) is 5.75 Å². The molecule has 2 aromatic carbocycles. The number of morpholine rings is 1. The number of anilines is 2. The smallest absolute Gasteiger partial charge is 0.416 e. The number of carbonyl (C=O) groups is 1. The molecule has 1 saturated heterocycles. The van der Waals surface area contributed by atoms with Gasteiger partial charge in [0.2, 0.25) is 15.9 Å². The monoisotopic (exact) mass is 487 g/mol. The molecule has 1 aliphatic heterocycles. The molecule has 180 valence electrons. The Morgan fingerprint density at radius 1 is 1.09 bits per heavy atom. The van der Waals surface area contributed by atoms with Gasteiger partial charge in [-0.15, -0.1) is 0 Å². The van der Waals surface area contributed by atoms with Crippen molar-refractivity contribution in [2.24, 2.45) is 0 Å². The highest BCUT2D eigenvalue weighted by atomic mass is 32.2. The van der Waals surface area contributed by atoms with Gasteiger partial charge in [-0.3, -0.25) is 4.79 Å². The van der Waals surface area contributed by atoms with E-state index in [2.05, 4.69) is 10.6 Å². The largest absolute Gasteiger partial charge is 0.495 e. The molecule has 0 aromatic heterocycles. The second-order valence-corrected chi connectivity index (χ2v) is 9.22. The quantitative estimate of drug-likeness (QED) is 0.623. The van der Waals surface area contributed by atoms with E-state index in [-0.39, 0.29) is 29.4 Å². The molecule has 8 nitrogen and oxygen atoms in total. The maximum atomic E-state index is 13.1. The fourth-order valence-corrected chi connectivity index (χ4v) is 4.79. The summed E-state index contributed by atoms with van der Waals surface area (Å²) in [5, 5.41) is 5.43. The predicted molar refractivity (Wildman–Crippen MR) is 116 cm³/mol. The molecule has 1 fully saturated rings. The van der Waals surface area contributed by atoms with E-state index in [4.69, 9.17) is 9.47 Å². The van der Waals surface area contributed by atoms with Gasteiger partial charge in [-0.1, -0.05) is 0 Å². The topological polar surface area (TPSA) is 97.0 Å². The normalized spacial score (nSPS) is 16.2. The first-order valence-electron chi connectivity index (χ1n) is 10.0. The summed E-state index contributed by atoms with van der Waals surface area (Å²) in [6, 6.07) is 7.68. The van der Waals surface area contributed by atoms with Gasteiger partial charge in [0, 0.05) is 24.5 Å². The van der Waals surface area contributed by atoms with Crippen LogP contribution in [0.25, 0.3) is 0 Å². The number of rotatable bonds is 7. The number of ether oxygens (including phenoxy) is 2. The third-order valence-electron chi connectivity index (χ3n) is 5.01. The van der Waals surface area contributed by atoms with Gasteiger partial charge in [0.1, 0.15) is 16.7 Å². The van der Waals surface area contributed by atoms with E-state index in [9.17, 15) is 26.4 Å². The lowest BCUT2D eigenvalue weighted by molar-refractivity contribution is -0.137. The highest BCUT2D eigenvalue weighted by Crippen LogP contribution is 2.31. The second kappa shape index (κ2) is 9.98. The van der Waals surface area contributed by atoms with Gasteiger partial charge in [0.15, 0.2) is 0 Å². The lowest BCUT2D eigenvalue weighted by Crippen LogP contribution is -2.40. The summed E-state index contributed by atoms with van der Waals surface area (Å²) in [6.07, 6.45) is -4.47. The Labute approximate surface area is 189 Å². The summed E-state index contributed by atoms with van der Waals surface area (Å²) in [5.41, 5.74) is -0.261. The number of alkyl halides is 3. The summed E-state index contributed by atoms with van der Waals surface area (Å²) in [7, 11) is -2.49. The number of sulfonamides is 1. The Kier molecular flexibility index (Phi) is 7.50. The number of methoxy groups -OCH3 is 1. The molecule has 1 amide bonds. The standard InChI is InChI=1S/C21H24F3N3O5S/c1-14(20(28)26-16-5-3-15(4-6-16)21(22,23)24)25-17-7-8-18(31-2)19(13-17)33(29,30)27-9-11-32-12-10-27/h3-8,13-14,25H,9-12H2,1-2H3,(H,26,28)/t14-/m1/s1. The van der Waals surface area contributed by atoms with Gasteiger partial charge >= 0.3 is 6.18 Å². The first kappa shape index (κ1) is 24.8. The zero-order chi connectivity index (χ0) is 24.2. The minimum atomic E-state index is -4.47. The molecule has 0 bridgehead atoms. The predicted octanol–water partition coefficient (Wildman–Crippen LogP) is 3.17. The molecule has 1 aliphatic rings. The zero-order valence-electron chi connectivity index (χ0n) is 18.0. The molecule has 12 heteroatoms. The van der Waals surface area contributed by atoms with Crippen molar-refractivity contribution in [1.29, 1.82) is 0 Å². The molecule has 3 rings (SSSR count). The molecule has 0 aliphatic carbocycles. The van der Waals surface area contributed by atoms with Crippen LogP contribution in [0.1, 0.15) is 12.5 Å². The van der Waals surface area contributed by atoms with E-state index in [1.807, 2.05) is 0 Å². The van der Waals surface area contributed by atoms with E-state index in [0.29, 0.717) is 18.9 Å². The number of amides is 1. The minimum Gasteiger partial charge on any atom is -0.495 e. The number of nitrogens with one attached hydrogen (secondary N) is 2. The van der Waals surface area contributed by atoms with Crippen LogP contribution in [0.2, 0.25) is 0 Å². The molecule has 0 unspecified atom stereocenters. The molecule has 2 aromatic rings. The van der Waals surface area contributed by atoms with Gasteiger partial charge < -0.3 is 20.1 Å². The summed E-state index contributed by atoms with van der Waals surface area (Å²) in [6.45, 7) is 2.56. The Hall–Kier alpha value is -2.83. The molecule has 0 saturated carbocycles. The van der Waals surface area contributed by atoms with Crippen LogP contribution in [0.4, 0.5) is 24.5 Å². The van der Waals surface area contributed by atoms with Gasteiger partial charge in [0.25, 0.3) is 0 Å². The summed E-state index contributed by atoms with van der Waals surface area (Å²) >= 11 is 0. The number of hydrogen-bond acceptors (Lipinski definition) is 6. The molecule has 33 heavy (non-hydrogen) atoms. The van der Waals surface area contributed by atoms with Crippen LogP contribution in [-0.2, 0) is 25.7 Å². The zero-order valence-corrected chi connectivity index (χ0v) is 18.8. The first-order chi connectivity index (χ1) is 15.5. The highest BCUT2D eigenvalue weighted by Gasteiger charge is 2.31. The Bertz CT molecular complexity index is 1090. The van der Waals surface area contributed by atoms with Crippen molar-refractivity contribution in [1.82, 2.24) is 4.31 Å². The van der Waals surface area contributed by atoms with Crippen LogP contribution in [0.15, 0.2) is 47.4 Å². The van der Waals surface area contributed by atoms with Gasteiger partial charge in [0.05, 0.1) is 25.9 Å². The second-order valence-electron chi connectivity index (χ2n) is 7.31. The number of benzene rings is 2. The molecule has 1 atom stereocenters. The SMILES string of the molecule is COc1ccc(N[C@H](C)C(=O)Nc2ccc(C(F)(F)F)cc2)cc1S(=O)(=O)N1CCOCC1. The van der Waals surface area contributed by atoms with Crippen molar-refractivity contribution >= 4 is 27.3 Å². The molecule has 0 spiro atoms.